The normalized spacial score (nSPS) is 24.4. The Balaban J connectivity index is 2.37. The van der Waals surface area contributed by atoms with Gasteiger partial charge in [0.05, 0.1) is 0 Å². The molecule has 1 aromatic carbocycles. The molecule has 15 heavy (non-hydrogen) atoms. The highest BCUT2D eigenvalue weighted by atomic mass is 35.5. The highest BCUT2D eigenvalue weighted by molar-refractivity contribution is 6.35. The molecule has 0 radical (unpaired) electrons. The summed E-state index contributed by atoms with van der Waals surface area (Å²) in [6, 6.07) is 5.79. The lowest BCUT2D eigenvalue weighted by Gasteiger charge is -2.28. The van der Waals surface area contributed by atoms with E-state index in [-0.39, 0.29) is 5.54 Å². The summed E-state index contributed by atoms with van der Waals surface area (Å²) in [6.07, 6.45) is 1.13. The molecule has 1 aliphatic rings. The van der Waals surface area contributed by atoms with Crippen molar-refractivity contribution >= 4 is 23.2 Å². The molecule has 1 fully saturated rings. The first-order valence-electron chi connectivity index (χ1n) is 5.21. The molecule has 1 atom stereocenters. The van der Waals surface area contributed by atoms with Crippen LogP contribution in [0.25, 0.3) is 0 Å². The van der Waals surface area contributed by atoms with Crippen LogP contribution in [0.2, 0.25) is 10.0 Å². The van der Waals surface area contributed by atoms with E-state index in [0.29, 0.717) is 10.9 Å². The van der Waals surface area contributed by atoms with Crippen molar-refractivity contribution in [2.45, 2.75) is 31.7 Å². The Kier molecular flexibility index (Phi) is 2.98. The number of benzene rings is 1. The molecule has 0 amide bonds. The van der Waals surface area contributed by atoms with Crippen molar-refractivity contribution in [3.05, 3.63) is 33.8 Å². The summed E-state index contributed by atoms with van der Waals surface area (Å²) in [5, 5.41) is 4.98. The molecule has 0 spiro atoms. The van der Waals surface area contributed by atoms with Gasteiger partial charge in [-0.1, -0.05) is 29.3 Å². The van der Waals surface area contributed by atoms with E-state index in [2.05, 4.69) is 19.2 Å². The average molecular weight is 244 g/mol. The topological polar surface area (TPSA) is 12.0 Å². The molecule has 1 heterocycles. The van der Waals surface area contributed by atoms with Gasteiger partial charge in [-0.15, -0.1) is 0 Å². The third-order valence-corrected chi connectivity index (χ3v) is 3.79. The average Bonchev–Trinajstić information content (AvgIpc) is 2.46. The molecule has 3 heteroatoms. The Hall–Kier alpha value is -0.240. The third-order valence-electron chi connectivity index (χ3n) is 3.22. The second-order valence-corrected chi connectivity index (χ2v) is 5.50. The molecule has 82 valence electrons. The molecule has 0 aromatic heterocycles. The van der Waals surface area contributed by atoms with Gasteiger partial charge in [-0.25, -0.2) is 0 Å². The third kappa shape index (κ3) is 2.15. The van der Waals surface area contributed by atoms with Gasteiger partial charge in [0.15, 0.2) is 0 Å². The number of hydrogen-bond acceptors (Lipinski definition) is 1. The predicted molar refractivity (Wildman–Crippen MR) is 65.9 cm³/mol. The maximum absolute atomic E-state index is 6.22. The van der Waals surface area contributed by atoms with Crippen LogP contribution < -0.4 is 5.32 Å². The number of nitrogens with one attached hydrogen (secondary N) is 1. The fourth-order valence-corrected chi connectivity index (χ4v) is 2.89. The largest absolute Gasteiger partial charge is 0.311 e. The number of hydrogen-bond donors (Lipinski definition) is 1. The molecule has 1 aromatic rings. The number of halogens is 2. The molecular formula is C12H15Cl2N. The van der Waals surface area contributed by atoms with E-state index >= 15 is 0 Å². The Morgan fingerprint density at radius 2 is 2.07 bits per heavy atom. The van der Waals surface area contributed by atoms with Crippen LogP contribution in [0.15, 0.2) is 18.2 Å². The lowest BCUT2D eigenvalue weighted by Crippen LogP contribution is -2.36. The van der Waals surface area contributed by atoms with Gasteiger partial charge in [-0.2, -0.15) is 0 Å². The van der Waals surface area contributed by atoms with Crippen molar-refractivity contribution in [2.75, 3.05) is 6.54 Å². The molecular weight excluding hydrogens is 229 g/mol. The van der Waals surface area contributed by atoms with Crippen LogP contribution in [0.3, 0.4) is 0 Å². The molecule has 1 saturated heterocycles. The van der Waals surface area contributed by atoms with Gasteiger partial charge in [0.1, 0.15) is 0 Å². The Morgan fingerprint density at radius 1 is 1.33 bits per heavy atom. The zero-order valence-corrected chi connectivity index (χ0v) is 10.5. The summed E-state index contributed by atoms with van der Waals surface area (Å²) in [6.45, 7) is 5.49. The predicted octanol–water partition coefficient (Wildman–Crippen LogP) is 3.85. The van der Waals surface area contributed by atoms with Crippen LogP contribution in [-0.2, 0) is 0 Å². The summed E-state index contributed by atoms with van der Waals surface area (Å²) in [7, 11) is 0. The Bertz CT molecular complexity index is 374. The van der Waals surface area contributed by atoms with E-state index in [0.717, 1.165) is 18.0 Å². The smallest absolute Gasteiger partial charge is 0.0456 e. The lowest BCUT2D eigenvalue weighted by molar-refractivity contribution is 0.411. The first-order valence-corrected chi connectivity index (χ1v) is 5.96. The van der Waals surface area contributed by atoms with Gasteiger partial charge in [0.25, 0.3) is 0 Å². The van der Waals surface area contributed by atoms with E-state index in [4.69, 9.17) is 23.2 Å². The molecule has 1 nitrogen and oxygen atoms in total. The van der Waals surface area contributed by atoms with Crippen LogP contribution in [-0.4, -0.2) is 12.1 Å². The minimum Gasteiger partial charge on any atom is -0.311 e. The zero-order valence-electron chi connectivity index (χ0n) is 8.98. The monoisotopic (exact) mass is 243 g/mol. The van der Waals surface area contributed by atoms with E-state index in [1.165, 1.54) is 5.56 Å². The lowest BCUT2D eigenvalue weighted by atomic mass is 9.83. The molecule has 0 aliphatic carbocycles. The maximum atomic E-state index is 6.22. The highest BCUT2D eigenvalue weighted by Gasteiger charge is 2.35. The van der Waals surface area contributed by atoms with Gasteiger partial charge >= 0.3 is 0 Å². The summed E-state index contributed by atoms with van der Waals surface area (Å²) in [5.41, 5.74) is 1.33. The van der Waals surface area contributed by atoms with Gasteiger partial charge in [0, 0.05) is 21.5 Å². The van der Waals surface area contributed by atoms with Crippen molar-refractivity contribution in [1.29, 1.82) is 0 Å². The van der Waals surface area contributed by atoms with Gasteiger partial charge in [0.2, 0.25) is 0 Å². The van der Waals surface area contributed by atoms with Gasteiger partial charge in [-0.3, -0.25) is 0 Å². The fourth-order valence-electron chi connectivity index (χ4n) is 2.35. The molecule has 1 aliphatic heterocycles. The maximum Gasteiger partial charge on any atom is 0.0456 e. The molecule has 0 saturated carbocycles. The van der Waals surface area contributed by atoms with E-state index < -0.39 is 0 Å². The summed E-state index contributed by atoms with van der Waals surface area (Å²) < 4.78 is 0. The summed E-state index contributed by atoms with van der Waals surface area (Å²) >= 11 is 12.1. The molecule has 0 bridgehead atoms. The SMILES string of the molecule is CC1(C)NCCC1c1ccc(Cl)cc1Cl. The van der Waals surface area contributed by atoms with Crippen molar-refractivity contribution in [3.63, 3.8) is 0 Å². The molecule has 1 N–H and O–H groups in total. The quantitative estimate of drug-likeness (QED) is 0.791. The highest BCUT2D eigenvalue weighted by Crippen LogP contribution is 2.39. The Labute approximate surface area is 101 Å². The summed E-state index contributed by atoms with van der Waals surface area (Å²) in [5.74, 6) is 0.474. The van der Waals surface area contributed by atoms with E-state index in [1.807, 2.05) is 18.2 Å². The molecule has 1 unspecified atom stereocenters. The zero-order chi connectivity index (χ0) is 11.1. The van der Waals surface area contributed by atoms with Crippen molar-refractivity contribution < 1.29 is 0 Å². The number of rotatable bonds is 1. The first kappa shape index (κ1) is 11.3. The van der Waals surface area contributed by atoms with Crippen LogP contribution in [0.5, 0.6) is 0 Å². The first-order chi connectivity index (χ1) is 7.00. The van der Waals surface area contributed by atoms with Crippen LogP contribution >= 0.6 is 23.2 Å². The van der Waals surface area contributed by atoms with Crippen molar-refractivity contribution in [2.24, 2.45) is 0 Å². The minimum atomic E-state index is 0.122. The van der Waals surface area contributed by atoms with Gasteiger partial charge in [-0.05, 0) is 44.5 Å². The van der Waals surface area contributed by atoms with E-state index in [1.54, 1.807) is 0 Å². The standard InChI is InChI=1S/C12H15Cl2N/c1-12(2)10(5-6-15-12)9-4-3-8(13)7-11(9)14/h3-4,7,10,15H,5-6H2,1-2H3. The molecule has 2 rings (SSSR count). The Morgan fingerprint density at radius 3 is 2.60 bits per heavy atom. The van der Waals surface area contributed by atoms with E-state index in [9.17, 15) is 0 Å². The minimum absolute atomic E-state index is 0.122. The van der Waals surface area contributed by atoms with Crippen LogP contribution in [0.1, 0.15) is 31.7 Å². The second-order valence-electron chi connectivity index (χ2n) is 4.66. The second kappa shape index (κ2) is 3.97. The van der Waals surface area contributed by atoms with Crippen LogP contribution in [0, 0.1) is 0 Å². The van der Waals surface area contributed by atoms with Crippen molar-refractivity contribution in [3.8, 4) is 0 Å². The van der Waals surface area contributed by atoms with Gasteiger partial charge < -0.3 is 5.32 Å². The van der Waals surface area contributed by atoms with Crippen molar-refractivity contribution in [1.82, 2.24) is 5.32 Å². The summed E-state index contributed by atoms with van der Waals surface area (Å²) in [4.78, 5) is 0. The van der Waals surface area contributed by atoms with Crippen LogP contribution in [0.4, 0.5) is 0 Å². The fraction of sp³-hybridized carbons (Fsp3) is 0.500.